The third kappa shape index (κ3) is 5.00. The molecule has 0 atom stereocenters. The van der Waals surface area contributed by atoms with E-state index in [1.54, 1.807) is 19.0 Å². The largest absolute Gasteiger partial charge is 0.480 e. The van der Waals surface area contributed by atoms with Crippen LogP contribution in [0.4, 0.5) is 4.79 Å². The summed E-state index contributed by atoms with van der Waals surface area (Å²) in [5, 5.41) is 9.03. The highest BCUT2D eigenvalue weighted by Crippen LogP contribution is 2.18. The van der Waals surface area contributed by atoms with Crippen molar-refractivity contribution >= 4 is 12.0 Å². The van der Waals surface area contributed by atoms with Crippen molar-refractivity contribution in [3.63, 3.8) is 0 Å². The third-order valence-corrected chi connectivity index (χ3v) is 3.57. The first kappa shape index (κ1) is 16.8. The Hall–Kier alpha value is -1.30. The van der Waals surface area contributed by atoms with Crippen LogP contribution in [-0.4, -0.2) is 78.1 Å². The van der Waals surface area contributed by atoms with Crippen molar-refractivity contribution in [2.45, 2.75) is 32.7 Å². The van der Waals surface area contributed by atoms with E-state index in [9.17, 15) is 9.59 Å². The quantitative estimate of drug-likeness (QED) is 0.823. The molecule has 0 bridgehead atoms. The van der Waals surface area contributed by atoms with E-state index in [1.165, 1.54) is 0 Å². The van der Waals surface area contributed by atoms with Crippen molar-refractivity contribution in [1.82, 2.24) is 14.7 Å². The number of carboxylic acids is 1. The number of carboxylic acid groups (broad SMARTS) is 1. The lowest BCUT2D eigenvalue weighted by Crippen LogP contribution is -2.50. The van der Waals surface area contributed by atoms with Crippen LogP contribution in [0.3, 0.4) is 0 Å². The van der Waals surface area contributed by atoms with E-state index in [0.29, 0.717) is 19.0 Å². The molecule has 0 aromatic carbocycles. The van der Waals surface area contributed by atoms with Crippen molar-refractivity contribution in [3.05, 3.63) is 0 Å². The summed E-state index contributed by atoms with van der Waals surface area (Å²) in [4.78, 5) is 28.3. The molecule has 0 aliphatic carbocycles. The maximum atomic E-state index is 11.9. The molecule has 0 aromatic rings. The van der Waals surface area contributed by atoms with E-state index in [2.05, 4.69) is 13.8 Å². The van der Waals surface area contributed by atoms with Gasteiger partial charge in [0.25, 0.3) is 0 Å². The summed E-state index contributed by atoms with van der Waals surface area (Å²) in [6, 6.07) is 0.303. The average molecular weight is 285 g/mol. The molecule has 20 heavy (non-hydrogen) atoms. The first-order valence-electron chi connectivity index (χ1n) is 7.23. The summed E-state index contributed by atoms with van der Waals surface area (Å²) < 4.78 is 0. The molecule has 0 aromatic heterocycles. The molecule has 1 aliphatic heterocycles. The second kappa shape index (κ2) is 7.47. The summed E-state index contributed by atoms with van der Waals surface area (Å²) in [7, 11) is 3.51. The van der Waals surface area contributed by atoms with E-state index >= 15 is 0 Å². The Labute approximate surface area is 121 Å². The van der Waals surface area contributed by atoms with E-state index in [0.717, 1.165) is 19.4 Å². The van der Waals surface area contributed by atoms with Gasteiger partial charge >= 0.3 is 12.0 Å². The van der Waals surface area contributed by atoms with Gasteiger partial charge in [0.15, 0.2) is 0 Å². The summed E-state index contributed by atoms with van der Waals surface area (Å²) in [5.74, 6) is -0.340. The molecule has 2 amide bonds. The predicted molar refractivity (Wildman–Crippen MR) is 77.7 cm³/mol. The molecule has 116 valence electrons. The molecule has 0 saturated carbocycles. The Morgan fingerprint density at radius 3 is 2.20 bits per heavy atom. The number of hydrogen-bond acceptors (Lipinski definition) is 3. The van der Waals surface area contributed by atoms with Gasteiger partial charge in [0.05, 0.1) is 6.54 Å². The topological polar surface area (TPSA) is 64.1 Å². The molecule has 1 rings (SSSR count). The normalized spacial score (nSPS) is 16.8. The minimum Gasteiger partial charge on any atom is -0.480 e. The second-order valence-electron chi connectivity index (χ2n) is 6.11. The molecule has 1 aliphatic rings. The van der Waals surface area contributed by atoms with Gasteiger partial charge in [-0.05, 0) is 18.8 Å². The van der Waals surface area contributed by atoms with Gasteiger partial charge in [0, 0.05) is 39.8 Å². The number of aliphatic carboxylic acids is 1. The van der Waals surface area contributed by atoms with E-state index in [-0.39, 0.29) is 18.6 Å². The summed E-state index contributed by atoms with van der Waals surface area (Å²) in [5.41, 5.74) is 0. The molecule has 1 saturated heterocycles. The van der Waals surface area contributed by atoms with Crippen LogP contribution >= 0.6 is 0 Å². The number of piperidine rings is 1. The Bertz CT molecular complexity index is 337. The molecule has 1 fully saturated rings. The van der Waals surface area contributed by atoms with Crippen LogP contribution in [-0.2, 0) is 4.79 Å². The summed E-state index contributed by atoms with van der Waals surface area (Å²) >= 11 is 0. The second-order valence-corrected chi connectivity index (χ2v) is 6.11. The van der Waals surface area contributed by atoms with Gasteiger partial charge in [-0.2, -0.15) is 0 Å². The maximum Gasteiger partial charge on any atom is 0.319 e. The van der Waals surface area contributed by atoms with E-state index in [4.69, 9.17) is 5.11 Å². The fraction of sp³-hybridized carbons (Fsp3) is 0.857. The van der Waals surface area contributed by atoms with Crippen molar-refractivity contribution in [2.24, 2.45) is 5.92 Å². The number of amides is 2. The standard InChI is InChI=1S/C14H27N3O3/c1-11(2)9-17(10-13(18)19)12-5-7-16(8-6-12)14(20)15(3)4/h11-12H,5-10H2,1-4H3,(H,18,19). The lowest BCUT2D eigenvalue weighted by Gasteiger charge is -2.39. The first-order chi connectivity index (χ1) is 9.31. The van der Waals surface area contributed by atoms with Crippen molar-refractivity contribution in [1.29, 1.82) is 0 Å². The average Bonchev–Trinajstić information content (AvgIpc) is 2.36. The van der Waals surface area contributed by atoms with Gasteiger partial charge < -0.3 is 14.9 Å². The fourth-order valence-corrected chi connectivity index (χ4v) is 2.69. The highest BCUT2D eigenvalue weighted by Gasteiger charge is 2.28. The molecular formula is C14H27N3O3. The number of rotatable bonds is 5. The molecule has 1 heterocycles. The number of nitrogens with zero attached hydrogens (tertiary/aromatic N) is 3. The van der Waals surface area contributed by atoms with Gasteiger partial charge in [0.1, 0.15) is 0 Å². The van der Waals surface area contributed by atoms with Crippen LogP contribution in [0.2, 0.25) is 0 Å². The summed E-state index contributed by atoms with van der Waals surface area (Å²) in [6.45, 7) is 6.48. The molecule has 1 N–H and O–H groups in total. The highest BCUT2D eigenvalue weighted by molar-refractivity contribution is 5.73. The van der Waals surface area contributed by atoms with Crippen LogP contribution < -0.4 is 0 Å². The van der Waals surface area contributed by atoms with Gasteiger partial charge in [-0.3, -0.25) is 9.69 Å². The van der Waals surface area contributed by atoms with Gasteiger partial charge in [0.2, 0.25) is 0 Å². The van der Waals surface area contributed by atoms with E-state index < -0.39 is 5.97 Å². The Morgan fingerprint density at radius 1 is 1.25 bits per heavy atom. The van der Waals surface area contributed by atoms with Crippen LogP contribution in [0, 0.1) is 5.92 Å². The number of urea groups is 1. The van der Waals surface area contributed by atoms with Crippen LogP contribution in [0.1, 0.15) is 26.7 Å². The molecular weight excluding hydrogens is 258 g/mol. The third-order valence-electron chi connectivity index (χ3n) is 3.57. The van der Waals surface area contributed by atoms with Crippen LogP contribution in [0.5, 0.6) is 0 Å². The first-order valence-corrected chi connectivity index (χ1v) is 7.23. The molecule has 6 heteroatoms. The number of hydrogen-bond donors (Lipinski definition) is 1. The number of carbonyl (C=O) groups excluding carboxylic acids is 1. The Kier molecular flexibility index (Phi) is 6.26. The minimum absolute atomic E-state index is 0.0390. The van der Waals surface area contributed by atoms with E-state index in [1.807, 2.05) is 9.80 Å². The number of carbonyl (C=O) groups is 2. The predicted octanol–water partition coefficient (Wildman–Crippen LogP) is 1.17. The van der Waals surface area contributed by atoms with Gasteiger partial charge in [-0.1, -0.05) is 13.8 Å². The fourth-order valence-electron chi connectivity index (χ4n) is 2.69. The van der Waals surface area contributed by atoms with Gasteiger partial charge in [-0.15, -0.1) is 0 Å². The Balaban J connectivity index is 2.55. The molecule has 0 radical (unpaired) electrons. The lowest BCUT2D eigenvalue weighted by atomic mass is 10.0. The zero-order valence-electron chi connectivity index (χ0n) is 13.0. The minimum atomic E-state index is -0.780. The van der Waals surface area contributed by atoms with Crippen molar-refractivity contribution in [2.75, 3.05) is 40.3 Å². The maximum absolute atomic E-state index is 11.9. The molecule has 6 nitrogen and oxygen atoms in total. The lowest BCUT2D eigenvalue weighted by molar-refractivity contribution is -0.139. The number of likely N-dealkylation sites (tertiary alicyclic amines) is 1. The molecule has 0 spiro atoms. The smallest absolute Gasteiger partial charge is 0.319 e. The zero-order chi connectivity index (χ0) is 15.3. The highest BCUT2D eigenvalue weighted by atomic mass is 16.4. The SMILES string of the molecule is CC(C)CN(CC(=O)O)C1CCN(C(=O)N(C)C)CC1. The van der Waals surface area contributed by atoms with Crippen molar-refractivity contribution in [3.8, 4) is 0 Å². The zero-order valence-corrected chi connectivity index (χ0v) is 13.0. The van der Waals surface area contributed by atoms with Crippen LogP contribution in [0.25, 0.3) is 0 Å². The van der Waals surface area contributed by atoms with Crippen molar-refractivity contribution < 1.29 is 14.7 Å². The summed E-state index contributed by atoms with van der Waals surface area (Å²) in [6.07, 6.45) is 1.69. The Morgan fingerprint density at radius 2 is 1.80 bits per heavy atom. The monoisotopic (exact) mass is 285 g/mol. The van der Waals surface area contributed by atoms with Crippen LogP contribution in [0.15, 0.2) is 0 Å². The van der Waals surface area contributed by atoms with Gasteiger partial charge in [-0.25, -0.2) is 4.79 Å². The molecule has 0 unspecified atom stereocenters.